The number of nitrogens with zero attached hydrogens (tertiary/aromatic N) is 1. The molecule has 2 aromatic carbocycles. The van der Waals surface area contributed by atoms with Gasteiger partial charge in [0.2, 0.25) is 0 Å². The van der Waals surface area contributed by atoms with Crippen LogP contribution >= 0.6 is 22.6 Å². The van der Waals surface area contributed by atoms with Crippen molar-refractivity contribution in [1.82, 2.24) is 0 Å². The van der Waals surface area contributed by atoms with Crippen molar-refractivity contribution in [3.63, 3.8) is 0 Å². The smallest absolute Gasteiger partial charge is 0.423 e. The molecule has 3 nitrogen and oxygen atoms in total. The first-order chi connectivity index (χ1) is 8.65. The van der Waals surface area contributed by atoms with Gasteiger partial charge in [-0.3, -0.25) is 4.99 Å². The van der Waals surface area contributed by atoms with Crippen molar-refractivity contribution in [3.05, 3.63) is 57.7 Å². The van der Waals surface area contributed by atoms with Gasteiger partial charge in [0.1, 0.15) is 0 Å². The van der Waals surface area contributed by atoms with Crippen LogP contribution in [0.15, 0.2) is 53.5 Å². The fraction of sp³-hybridized carbons (Fsp3) is 0. The summed E-state index contributed by atoms with van der Waals surface area (Å²) < 4.78 is 1.17. The first-order valence-corrected chi connectivity index (χ1v) is 6.49. The van der Waals surface area contributed by atoms with Crippen LogP contribution in [-0.2, 0) is 0 Å². The Balaban J connectivity index is 2.11. The quantitative estimate of drug-likeness (QED) is 0.503. The lowest BCUT2D eigenvalue weighted by Crippen LogP contribution is -2.29. The fourth-order valence-electron chi connectivity index (χ4n) is 1.43. The molecule has 2 rings (SSSR count). The van der Waals surface area contributed by atoms with E-state index in [0.29, 0.717) is 5.46 Å². The molecular weight excluding hydrogens is 340 g/mol. The summed E-state index contributed by atoms with van der Waals surface area (Å²) >= 11 is 2.25. The first-order valence-electron chi connectivity index (χ1n) is 5.41. The minimum atomic E-state index is -1.42. The van der Waals surface area contributed by atoms with Crippen LogP contribution in [0.25, 0.3) is 0 Å². The normalized spacial score (nSPS) is 10.8. The molecule has 0 atom stereocenters. The summed E-state index contributed by atoms with van der Waals surface area (Å²) in [4.78, 5) is 4.34. The second kappa shape index (κ2) is 6.13. The molecule has 0 fully saturated rings. The lowest BCUT2D eigenvalue weighted by molar-refractivity contribution is 0.426. The molecule has 0 radical (unpaired) electrons. The standard InChI is InChI=1S/C13H11BINO2/c15-12-5-7-13(8-6-12)16-9-10-1-3-11(4-2-10)14(17)18/h1-9,17-18H/b16-9+. The van der Waals surface area contributed by atoms with Gasteiger partial charge in [0.15, 0.2) is 0 Å². The molecule has 0 aliphatic rings. The number of halogens is 1. The van der Waals surface area contributed by atoms with E-state index in [2.05, 4.69) is 27.6 Å². The van der Waals surface area contributed by atoms with E-state index in [0.717, 1.165) is 11.3 Å². The van der Waals surface area contributed by atoms with Gasteiger partial charge in [0.25, 0.3) is 0 Å². The van der Waals surface area contributed by atoms with E-state index in [1.54, 1.807) is 30.5 Å². The van der Waals surface area contributed by atoms with E-state index in [1.165, 1.54) is 3.57 Å². The summed E-state index contributed by atoms with van der Waals surface area (Å²) in [6.45, 7) is 0. The highest BCUT2D eigenvalue weighted by atomic mass is 127. The summed E-state index contributed by atoms with van der Waals surface area (Å²) in [5, 5.41) is 17.9. The van der Waals surface area contributed by atoms with Crippen molar-refractivity contribution < 1.29 is 10.0 Å². The zero-order valence-corrected chi connectivity index (χ0v) is 11.7. The van der Waals surface area contributed by atoms with Crippen LogP contribution in [-0.4, -0.2) is 23.4 Å². The number of hydrogen-bond donors (Lipinski definition) is 2. The number of rotatable bonds is 3. The van der Waals surface area contributed by atoms with Crippen LogP contribution in [0.2, 0.25) is 0 Å². The largest absolute Gasteiger partial charge is 0.488 e. The Bertz CT molecular complexity index is 538. The van der Waals surface area contributed by atoms with Crippen molar-refractivity contribution in [3.8, 4) is 0 Å². The maximum absolute atomic E-state index is 8.97. The second-order valence-electron chi connectivity index (χ2n) is 3.77. The van der Waals surface area contributed by atoms with E-state index < -0.39 is 7.12 Å². The van der Waals surface area contributed by atoms with Gasteiger partial charge in [0.05, 0.1) is 5.69 Å². The summed E-state index contributed by atoms with van der Waals surface area (Å²) in [5.41, 5.74) is 2.28. The van der Waals surface area contributed by atoms with Crippen LogP contribution in [0.3, 0.4) is 0 Å². The Morgan fingerprint density at radius 1 is 0.944 bits per heavy atom. The van der Waals surface area contributed by atoms with E-state index in [4.69, 9.17) is 10.0 Å². The number of aliphatic imine (C=N–C) groups is 1. The summed E-state index contributed by atoms with van der Waals surface area (Å²) in [6.07, 6.45) is 1.75. The van der Waals surface area contributed by atoms with Gasteiger partial charge >= 0.3 is 7.12 Å². The molecule has 0 amide bonds. The van der Waals surface area contributed by atoms with Crippen molar-refractivity contribution >= 4 is 47.1 Å². The highest BCUT2D eigenvalue weighted by Crippen LogP contribution is 2.14. The van der Waals surface area contributed by atoms with Crippen LogP contribution in [0.5, 0.6) is 0 Å². The molecule has 0 aliphatic carbocycles. The number of benzene rings is 2. The zero-order chi connectivity index (χ0) is 13.0. The maximum Gasteiger partial charge on any atom is 0.488 e. The summed E-state index contributed by atoms with van der Waals surface area (Å²) in [7, 11) is -1.42. The Hall–Kier alpha value is -1.18. The zero-order valence-electron chi connectivity index (χ0n) is 9.49. The molecule has 0 unspecified atom stereocenters. The highest BCUT2D eigenvalue weighted by molar-refractivity contribution is 14.1. The molecule has 0 spiro atoms. The Kier molecular flexibility index (Phi) is 4.51. The second-order valence-corrected chi connectivity index (χ2v) is 5.02. The molecule has 2 aromatic rings. The predicted octanol–water partition coefficient (Wildman–Crippen LogP) is 1.72. The van der Waals surface area contributed by atoms with Crippen LogP contribution < -0.4 is 5.46 Å². The van der Waals surface area contributed by atoms with Gasteiger partial charge in [-0.2, -0.15) is 0 Å². The molecule has 2 N–H and O–H groups in total. The van der Waals surface area contributed by atoms with Gasteiger partial charge in [-0.25, -0.2) is 0 Å². The lowest BCUT2D eigenvalue weighted by atomic mass is 9.80. The highest BCUT2D eigenvalue weighted by Gasteiger charge is 2.08. The van der Waals surface area contributed by atoms with Gasteiger partial charge in [-0.1, -0.05) is 24.3 Å². The molecule has 0 aromatic heterocycles. The van der Waals surface area contributed by atoms with E-state index in [1.807, 2.05) is 24.3 Å². The molecule has 5 heteroatoms. The lowest BCUT2D eigenvalue weighted by Gasteiger charge is -1.99. The SMILES string of the molecule is OB(O)c1ccc(/C=N/c2ccc(I)cc2)cc1. The average molecular weight is 351 g/mol. The molecule has 90 valence electrons. The molecular formula is C13H11BINO2. The van der Waals surface area contributed by atoms with Crippen LogP contribution in [0.1, 0.15) is 5.56 Å². The Morgan fingerprint density at radius 3 is 2.11 bits per heavy atom. The van der Waals surface area contributed by atoms with E-state index in [9.17, 15) is 0 Å². The predicted molar refractivity (Wildman–Crippen MR) is 82.7 cm³/mol. The van der Waals surface area contributed by atoms with Crippen molar-refractivity contribution in [2.45, 2.75) is 0 Å². The summed E-state index contributed by atoms with van der Waals surface area (Å²) in [5.74, 6) is 0. The van der Waals surface area contributed by atoms with Gasteiger partial charge < -0.3 is 10.0 Å². The van der Waals surface area contributed by atoms with Gasteiger partial charge in [-0.05, 0) is 57.9 Å². The maximum atomic E-state index is 8.97. The molecule has 0 heterocycles. The molecule has 0 bridgehead atoms. The molecule has 18 heavy (non-hydrogen) atoms. The van der Waals surface area contributed by atoms with Gasteiger partial charge in [0, 0.05) is 9.78 Å². The molecule has 0 saturated carbocycles. The Labute approximate surface area is 119 Å². The minimum absolute atomic E-state index is 0.474. The van der Waals surface area contributed by atoms with E-state index >= 15 is 0 Å². The van der Waals surface area contributed by atoms with Gasteiger partial charge in [-0.15, -0.1) is 0 Å². The third-order valence-electron chi connectivity index (χ3n) is 2.42. The summed E-state index contributed by atoms with van der Waals surface area (Å²) in [6, 6.07) is 14.8. The van der Waals surface area contributed by atoms with Crippen molar-refractivity contribution in [2.75, 3.05) is 0 Å². The third kappa shape index (κ3) is 3.66. The third-order valence-corrected chi connectivity index (χ3v) is 3.14. The Morgan fingerprint density at radius 2 is 1.56 bits per heavy atom. The number of hydrogen-bond acceptors (Lipinski definition) is 3. The van der Waals surface area contributed by atoms with E-state index in [-0.39, 0.29) is 0 Å². The van der Waals surface area contributed by atoms with Crippen LogP contribution in [0.4, 0.5) is 5.69 Å². The van der Waals surface area contributed by atoms with Crippen molar-refractivity contribution in [2.24, 2.45) is 4.99 Å². The molecule has 0 aliphatic heterocycles. The minimum Gasteiger partial charge on any atom is -0.423 e. The monoisotopic (exact) mass is 351 g/mol. The fourth-order valence-corrected chi connectivity index (χ4v) is 1.79. The topological polar surface area (TPSA) is 52.8 Å². The first kappa shape index (κ1) is 13.3. The average Bonchev–Trinajstić information content (AvgIpc) is 2.38. The van der Waals surface area contributed by atoms with Crippen LogP contribution in [0, 0.1) is 3.57 Å². The molecule has 0 saturated heterocycles. The van der Waals surface area contributed by atoms with Crippen molar-refractivity contribution in [1.29, 1.82) is 0 Å².